The molecule has 0 aliphatic heterocycles. The van der Waals surface area contributed by atoms with Crippen molar-refractivity contribution in [1.29, 1.82) is 0 Å². The molecule has 3 aromatic carbocycles. The molecule has 0 fully saturated rings. The molecule has 2 amide bonds. The van der Waals surface area contributed by atoms with Gasteiger partial charge in [0, 0.05) is 36.4 Å². The van der Waals surface area contributed by atoms with Crippen molar-refractivity contribution in [2.24, 2.45) is 0 Å². The van der Waals surface area contributed by atoms with Crippen molar-refractivity contribution in [3.05, 3.63) is 77.9 Å². The third-order valence-corrected chi connectivity index (χ3v) is 7.20. The molecule has 0 unspecified atom stereocenters. The molecule has 0 aliphatic rings. The summed E-state index contributed by atoms with van der Waals surface area (Å²) in [5.74, 6) is 1.86. The standard InChI is InChI=1S/C34H42N4O6.CH4O3S/c1-22(2)38(23(3)4)34(40)25-13-16-29(31(20-25)41-5)43-18-10-9-17-42-26-14-15-27-30(21-26)44-37-32(27)36-33(39)28(35)19-24-11-7-6-8-12-24;1-5(2,3)4/h6-8,11-16,20-23,28H,9-10,17-19,35H2,1-5H3,(H,36,37,39);1H3,(H,2,3,4)/t28-;/m0./s1. The van der Waals surface area contributed by atoms with Gasteiger partial charge in [-0.05, 0) is 76.4 Å². The van der Waals surface area contributed by atoms with Crippen LogP contribution in [0.4, 0.5) is 5.82 Å². The SMILES string of the molecule is COc1cc(C(=O)N(C(C)C)C(C)C)ccc1OCCCCOc1ccc2c(NC(=O)[C@@H]([NH3+])Cc3ccccc3)noc2c1.CS(=O)(=O)[O-]. The van der Waals surface area contributed by atoms with Crippen molar-refractivity contribution >= 4 is 38.7 Å². The average molecular weight is 699 g/mol. The average Bonchev–Trinajstić information content (AvgIpc) is 3.43. The third-order valence-electron chi connectivity index (χ3n) is 7.20. The van der Waals surface area contributed by atoms with E-state index in [9.17, 15) is 9.59 Å². The van der Waals surface area contributed by atoms with E-state index in [0.29, 0.717) is 65.5 Å². The summed E-state index contributed by atoms with van der Waals surface area (Å²) in [7, 11) is -2.35. The van der Waals surface area contributed by atoms with Crippen molar-refractivity contribution in [3.63, 3.8) is 0 Å². The predicted molar refractivity (Wildman–Crippen MR) is 185 cm³/mol. The van der Waals surface area contributed by atoms with E-state index in [-0.39, 0.29) is 23.9 Å². The van der Waals surface area contributed by atoms with Gasteiger partial charge in [0.05, 0.1) is 35.8 Å². The Morgan fingerprint density at radius 2 is 1.57 bits per heavy atom. The van der Waals surface area contributed by atoms with Gasteiger partial charge in [-0.15, -0.1) is 0 Å². The number of quaternary nitrogens is 1. The number of unbranched alkanes of at least 4 members (excludes halogenated alkanes) is 1. The van der Waals surface area contributed by atoms with Crippen molar-refractivity contribution in [2.75, 3.05) is 31.9 Å². The summed E-state index contributed by atoms with van der Waals surface area (Å²) in [5, 5.41) is 7.54. The summed E-state index contributed by atoms with van der Waals surface area (Å²) < 4.78 is 50.0. The van der Waals surface area contributed by atoms with Crippen LogP contribution in [0.15, 0.2) is 71.3 Å². The lowest BCUT2D eigenvalue weighted by atomic mass is 10.1. The predicted octanol–water partition coefficient (Wildman–Crippen LogP) is 4.29. The van der Waals surface area contributed by atoms with Gasteiger partial charge in [-0.2, -0.15) is 0 Å². The Morgan fingerprint density at radius 1 is 0.939 bits per heavy atom. The Morgan fingerprint density at radius 3 is 2.18 bits per heavy atom. The molecular formula is C35H46N4O9S. The summed E-state index contributed by atoms with van der Waals surface area (Å²) >= 11 is 0. The molecule has 1 heterocycles. The molecule has 1 aromatic heterocycles. The highest BCUT2D eigenvalue weighted by molar-refractivity contribution is 7.84. The molecule has 0 spiro atoms. The first-order valence-electron chi connectivity index (χ1n) is 15.9. The van der Waals surface area contributed by atoms with E-state index >= 15 is 0 Å². The number of ether oxygens (including phenoxy) is 3. The van der Waals surface area contributed by atoms with Crippen LogP contribution in [-0.4, -0.2) is 79.5 Å². The van der Waals surface area contributed by atoms with E-state index in [1.165, 1.54) is 0 Å². The zero-order valence-electron chi connectivity index (χ0n) is 28.8. The van der Waals surface area contributed by atoms with Gasteiger partial charge in [-0.1, -0.05) is 35.5 Å². The lowest BCUT2D eigenvalue weighted by Crippen LogP contribution is -2.67. The normalized spacial score (nSPS) is 11.9. The Bertz CT molecular complexity index is 1760. The molecule has 4 rings (SSSR count). The van der Waals surface area contributed by atoms with Crippen LogP contribution in [-0.2, 0) is 21.3 Å². The van der Waals surface area contributed by atoms with Gasteiger partial charge in [0.25, 0.3) is 11.8 Å². The molecule has 0 saturated heterocycles. The van der Waals surface area contributed by atoms with Crippen LogP contribution in [0, 0.1) is 0 Å². The van der Waals surface area contributed by atoms with Crippen LogP contribution in [0.1, 0.15) is 56.5 Å². The molecule has 0 radical (unpaired) electrons. The molecule has 0 aliphatic carbocycles. The Hall–Kier alpha value is -4.66. The number of fused-ring (bicyclic) bond motifs is 1. The van der Waals surface area contributed by atoms with Gasteiger partial charge < -0.3 is 39.2 Å². The maximum absolute atomic E-state index is 13.0. The number of carbonyl (C=O) groups excluding carboxylic acids is 2. The highest BCUT2D eigenvalue weighted by Crippen LogP contribution is 2.30. The van der Waals surface area contributed by atoms with Crippen molar-refractivity contribution in [1.82, 2.24) is 10.1 Å². The number of benzene rings is 3. The zero-order valence-corrected chi connectivity index (χ0v) is 29.6. The number of hydrogen-bond acceptors (Lipinski definition) is 10. The number of rotatable bonds is 15. The van der Waals surface area contributed by atoms with E-state index in [2.05, 4.69) is 16.2 Å². The number of aromatic nitrogens is 1. The fourth-order valence-electron chi connectivity index (χ4n) is 5.02. The zero-order chi connectivity index (χ0) is 36.1. The summed E-state index contributed by atoms with van der Waals surface area (Å²) in [5.41, 5.74) is 6.12. The number of nitrogens with zero attached hydrogens (tertiary/aromatic N) is 2. The first kappa shape index (κ1) is 38.8. The summed E-state index contributed by atoms with van der Waals surface area (Å²) in [4.78, 5) is 27.6. The summed E-state index contributed by atoms with van der Waals surface area (Å²) in [6.45, 7) is 8.99. The van der Waals surface area contributed by atoms with Crippen LogP contribution in [0.5, 0.6) is 17.2 Å². The number of anilines is 1. The van der Waals surface area contributed by atoms with Gasteiger partial charge >= 0.3 is 0 Å². The van der Waals surface area contributed by atoms with Gasteiger partial charge in [-0.25, -0.2) is 8.42 Å². The van der Waals surface area contributed by atoms with Crippen molar-refractivity contribution in [3.8, 4) is 17.2 Å². The largest absolute Gasteiger partial charge is 0.748 e. The Labute approximate surface area is 287 Å². The number of carbonyl (C=O) groups is 2. The lowest BCUT2D eigenvalue weighted by molar-refractivity contribution is -0.402. The monoisotopic (exact) mass is 698 g/mol. The molecular weight excluding hydrogens is 652 g/mol. The van der Waals surface area contributed by atoms with Crippen LogP contribution in [0.2, 0.25) is 0 Å². The number of methoxy groups -OCH3 is 1. The second-order valence-corrected chi connectivity index (χ2v) is 13.3. The van der Waals surface area contributed by atoms with E-state index < -0.39 is 16.2 Å². The molecule has 4 N–H and O–H groups in total. The van der Waals surface area contributed by atoms with Gasteiger partial charge in [-0.3, -0.25) is 9.59 Å². The fourth-order valence-corrected chi connectivity index (χ4v) is 5.02. The molecule has 4 aromatic rings. The number of nitrogens with one attached hydrogen (secondary N) is 1. The number of amides is 2. The van der Waals surface area contributed by atoms with Crippen LogP contribution in [0.3, 0.4) is 0 Å². The van der Waals surface area contributed by atoms with Gasteiger partial charge in [0.15, 0.2) is 28.9 Å². The van der Waals surface area contributed by atoms with Gasteiger partial charge in [0.1, 0.15) is 5.75 Å². The molecule has 14 heteroatoms. The van der Waals surface area contributed by atoms with E-state index in [0.717, 1.165) is 18.4 Å². The Kier molecular flexibility index (Phi) is 14.4. The quantitative estimate of drug-likeness (QED) is 0.134. The number of hydrogen-bond donors (Lipinski definition) is 2. The smallest absolute Gasteiger partial charge is 0.284 e. The van der Waals surface area contributed by atoms with Crippen LogP contribution in [0.25, 0.3) is 11.0 Å². The Balaban J connectivity index is 0.00000121. The second kappa shape index (κ2) is 18.2. The first-order chi connectivity index (χ1) is 23.2. The lowest BCUT2D eigenvalue weighted by Gasteiger charge is -2.31. The highest BCUT2D eigenvalue weighted by atomic mass is 32.2. The van der Waals surface area contributed by atoms with Crippen LogP contribution < -0.4 is 25.3 Å². The van der Waals surface area contributed by atoms with Crippen LogP contribution >= 0.6 is 0 Å². The minimum absolute atomic E-state index is 0.0350. The highest BCUT2D eigenvalue weighted by Gasteiger charge is 2.23. The molecule has 1 atom stereocenters. The van der Waals surface area contributed by atoms with Gasteiger partial charge in [0.2, 0.25) is 0 Å². The molecule has 0 bridgehead atoms. The first-order valence-corrected chi connectivity index (χ1v) is 17.7. The summed E-state index contributed by atoms with van der Waals surface area (Å²) in [6, 6.07) is 20.2. The van der Waals surface area contributed by atoms with E-state index in [4.69, 9.17) is 31.7 Å². The van der Waals surface area contributed by atoms with E-state index in [1.807, 2.05) is 75.1 Å². The summed E-state index contributed by atoms with van der Waals surface area (Å²) in [6.07, 6.45) is 2.65. The molecule has 266 valence electrons. The maximum Gasteiger partial charge on any atom is 0.284 e. The topological polar surface area (TPSA) is 188 Å². The molecule has 49 heavy (non-hydrogen) atoms. The van der Waals surface area contributed by atoms with Crippen molar-refractivity contribution < 1.29 is 47.0 Å². The van der Waals surface area contributed by atoms with E-state index in [1.54, 1.807) is 31.4 Å². The molecule has 0 saturated carbocycles. The minimum atomic E-state index is -3.92. The fraction of sp³-hybridized carbons (Fsp3) is 0.400. The minimum Gasteiger partial charge on any atom is -0.748 e. The maximum atomic E-state index is 13.0. The third kappa shape index (κ3) is 12.4. The molecule has 13 nitrogen and oxygen atoms in total. The van der Waals surface area contributed by atoms with Crippen molar-refractivity contribution in [2.45, 2.75) is 65.1 Å². The second-order valence-electron chi connectivity index (χ2n) is 11.9.